The number of hydrogen-bond donors (Lipinski definition) is 0. The molecule has 0 heterocycles. The van der Waals surface area contributed by atoms with Crippen molar-refractivity contribution in [1.82, 2.24) is 4.90 Å². The molecule has 4 nitrogen and oxygen atoms in total. The highest BCUT2D eigenvalue weighted by Crippen LogP contribution is 2.14. The zero-order valence-electron chi connectivity index (χ0n) is 16.9. The number of hydrogen-bond acceptors (Lipinski definition) is 3. The highest BCUT2D eigenvalue weighted by molar-refractivity contribution is 5.32. The molecule has 0 saturated heterocycles. The highest BCUT2D eigenvalue weighted by Gasteiger charge is 2.05. The van der Waals surface area contributed by atoms with Gasteiger partial charge in [0.05, 0.1) is 4.92 Å². The van der Waals surface area contributed by atoms with Gasteiger partial charge in [0.2, 0.25) is 0 Å². The van der Waals surface area contributed by atoms with Crippen molar-refractivity contribution >= 4 is 5.69 Å². The van der Waals surface area contributed by atoms with Gasteiger partial charge in [-0.05, 0) is 57.3 Å². The Kier molecular flexibility index (Phi) is 12.8. The summed E-state index contributed by atoms with van der Waals surface area (Å²) in [5.74, 6) is 0. The lowest BCUT2D eigenvalue weighted by atomic mass is 10.1. The molecule has 1 aromatic rings. The second-order valence-corrected chi connectivity index (χ2v) is 7.34. The maximum absolute atomic E-state index is 10.7. The van der Waals surface area contributed by atoms with Gasteiger partial charge in [-0.2, -0.15) is 0 Å². The lowest BCUT2D eigenvalue weighted by Gasteiger charge is -2.22. The molecule has 0 radical (unpaired) electrons. The Morgan fingerprint density at radius 2 is 1.27 bits per heavy atom. The van der Waals surface area contributed by atoms with Gasteiger partial charge in [-0.15, -0.1) is 0 Å². The summed E-state index contributed by atoms with van der Waals surface area (Å²) in [6, 6.07) is 7.00. The fraction of sp³-hybridized carbons (Fsp3) is 0.727. The van der Waals surface area contributed by atoms with E-state index >= 15 is 0 Å². The van der Waals surface area contributed by atoms with Gasteiger partial charge in [0.25, 0.3) is 5.69 Å². The molecule has 1 aromatic carbocycles. The molecule has 0 N–H and O–H groups in total. The number of nitro benzene ring substituents is 1. The third kappa shape index (κ3) is 10.5. The molecule has 148 valence electrons. The van der Waals surface area contributed by atoms with Crippen LogP contribution in [0.4, 0.5) is 5.69 Å². The Balaban J connectivity index is 2.16. The predicted octanol–water partition coefficient (Wildman–Crippen LogP) is 6.38. The first-order valence-electron chi connectivity index (χ1n) is 10.6. The van der Waals surface area contributed by atoms with Gasteiger partial charge in [0, 0.05) is 12.1 Å². The number of non-ortho nitro benzene ring substituents is 1. The van der Waals surface area contributed by atoms with Crippen LogP contribution < -0.4 is 0 Å². The van der Waals surface area contributed by atoms with Crippen molar-refractivity contribution < 1.29 is 4.92 Å². The molecule has 0 spiro atoms. The lowest BCUT2D eigenvalue weighted by molar-refractivity contribution is -0.384. The summed E-state index contributed by atoms with van der Waals surface area (Å²) in [6.45, 7) is 8.31. The molecule has 0 bridgehead atoms. The number of nitro groups is 1. The van der Waals surface area contributed by atoms with E-state index in [2.05, 4.69) is 18.7 Å². The Hall–Kier alpha value is -1.42. The number of benzene rings is 1. The van der Waals surface area contributed by atoms with Crippen molar-refractivity contribution in [3.63, 3.8) is 0 Å². The van der Waals surface area contributed by atoms with Crippen molar-refractivity contribution in [3.8, 4) is 0 Å². The molecule has 0 saturated carbocycles. The molecule has 0 aliphatic carbocycles. The predicted molar refractivity (Wildman–Crippen MR) is 111 cm³/mol. The lowest BCUT2D eigenvalue weighted by Crippen LogP contribution is -2.27. The number of rotatable bonds is 16. The van der Waals surface area contributed by atoms with E-state index in [1.165, 1.54) is 89.4 Å². The molecule has 0 aromatic heterocycles. The summed E-state index contributed by atoms with van der Waals surface area (Å²) in [5.41, 5.74) is 1.39. The fourth-order valence-electron chi connectivity index (χ4n) is 3.31. The minimum Gasteiger partial charge on any atom is -0.303 e. The van der Waals surface area contributed by atoms with Gasteiger partial charge in [0.15, 0.2) is 0 Å². The average molecular weight is 363 g/mol. The number of unbranched alkanes of at least 4 members (excludes halogenated alkanes) is 7. The van der Waals surface area contributed by atoms with Crippen molar-refractivity contribution in [1.29, 1.82) is 0 Å². The van der Waals surface area contributed by atoms with E-state index in [1.807, 2.05) is 12.1 Å². The van der Waals surface area contributed by atoms with Crippen LogP contribution in [0, 0.1) is 10.1 Å². The first-order valence-corrected chi connectivity index (χ1v) is 10.6. The van der Waals surface area contributed by atoms with Crippen LogP contribution >= 0.6 is 0 Å². The molecule has 0 fully saturated rings. The molecule has 26 heavy (non-hydrogen) atoms. The SMILES string of the molecule is CCCCCN(CCCCC)CCCCCCc1ccc([N+](=O)[O-])cc1. The topological polar surface area (TPSA) is 46.4 Å². The van der Waals surface area contributed by atoms with E-state index in [0.29, 0.717) is 0 Å². The van der Waals surface area contributed by atoms with E-state index in [1.54, 1.807) is 12.1 Å². The maximum Gasteiger partial charge on any atom is 0.269 e. The van der Waals surface area contributed by atoms with Crippen molar-refractivity contribution in [2.24, 2.45) is 0 Å². The minimum absolute atomic E-state index is 0.181. The van der Waals surface area contributed by atoms with E-state index in [0.717, 1.165) is 6.42 Å². The van der Waals surface area contributed by atoms with Crippen LogP contribution in [0.15, 0.2) is 24.3 Å². The van der Waals surface area contributed by atoms with E-state index in [9.17, 15) is 10.1 Å². The van der Waals surface area contributed by atoms with Crippen LogP contribution in [0.3, 0.4) is 0 Å². The smallest absolute Gasteiger partial charge is 0.269 e. The Labute approximate surface area is 160 Å². The quantitative estimate of drug-likeness (QED) is 0.195. The molecule has 4 heteroatoms. The minimum atomic E-state index is -0.337. The molecular weight excluding hydrogens is 324 g/mol. The molecule has 1 rings (SSSR count). The summed E-state index contributed by atoms with van der Waals surface area (Å²) in [6.07, 6.45) is 14.0. The standard InChI is InChI=1S/C22H38N2O2/c1-3-5-10-18-23(19-11-6-4-2)20-12-8-7-9-13-21-14-16-22(17-15-21)24(25)26/h14-17H,3-13,18-20H2,1-2H3. The van der Waals surface area contributed by atoms with Gasteiger partial charge in [-0.1, -0.05) is 64.5 Å². The molecule has 0 aliphatic rings. The van der Waals surface area contributed by atoms with Crippen LogP contribution in [0.5, 0.6) is 0 Å². The second-order valence-electron chi connectivity index (χ2n) is 7.34. The zero-order chi connectivity index (χ0) is 19.0. The zero-order valence-corrected chi connectivity index (χ0v) is 16.9. The van der Waals surface area contributed by atoms with Crippen LogP contribution in [-0.2, 0) is 6.42 Å². The summed E-state index contributed by atoms with van der Waals surface area (Å²) >= 11 is 0. The van der Waals surface area contributed by atoms with Gasteiger partial charge in [-0.25, -0.2) is 0 Å². The monoisotopic (exact) mass is 362 g/mol. The first kappa shape index (κ1) is 22.6. The maximum atomic E-state index is 10.7. The summed E-state index contributed by atoms with van der Waals surface area (Å²) in [4.78, 5) is 13.0. The summed E-state index contributed by atoms with van der Waals surface area (Å²) < 4.78 is 0. The average Bonchev–Trinajstić information content (AvgIpc) is 2.64. The second kappa shape index (κ2) is 14.7. The third-order valence-corrected chi connectivity index (χ3v) is 4.99. The Bertz CT molecular complexity index is 464. The van der Waals surface area contributed by atoms with Gasteiger partial charge < -0.3 is 4.90 Å². The Morgan fingerprint density at radius 1 is 0.769 bits per heavy atom. The van der Waals surface area contributed by atoms with Crippen LogP contribution in [0.1, 0.15) is 83.6 Å². The fourth-order valence-corrected chi connectivity index (χ4v) is 3.31. The van der Waals surface area contributed by atoms with E-state index in [4.69, 9.17) is 0 Å². The molecule has 0 aliphatic heterocycles. The molecule has 0 atom stereocenters. The van der Waals surface area contributed by atoms with Crippen LogP contribution in [0.2, 0.25) is 0 Å². The van der Waals surface area contributed by atoms with E-state index in [-0.39, 0.29) is 10.6 Å². The molecule has 0 unspecified atom stereocenters. The summed E-state index contributed by atoms with van der Waals surface area (Å²) in [7, 11) is 0. The van der Waals surface area contributed by atoms with Crippen LogP contribution in [0.25, 0.3) is 0 Å². The van der Waals surface area contributed by atoms with Crippen molar-refractivity contribution in [2.75, 3.05) is 19.6 Å². The number of nitrogens with zero attached hydrogens (tertiary/aromatic N) is 2. The first-order chi connectivity index (χ1) is 12.7. The normalized spacial score (nSPS) is 11.2. The molecular formula is C22H38N2O2. The van der Waals surface area contributed by atoms with Crippen molar-refractivity contribution in [2.45, 2.75) is 84.5 Å². The highest BCUT2D eigenvalue weighted by atomic mass is 16.6. The van der Waals surface area contributed by atoms with Gasteiger partial charge in [-0.3, -0.25) is 10.1 Å². The van der Waals surface area contributed by atoms with E-state index < -0.39 is 0 Å². The largest absolute Gasteiger partial charge is 0.303 e. The van der Waals surface area contributed by atoms with Gasteiger partial charge in [0.1, 0.15) is 0 Å². The summed E-state index contributed by atoms with van der Waals surface area (Å²) in [5, 5.41) is 10.7. The molecule has 0 amide bonds. The third-order valence-electron chi connectivity index (χ3n) is 4.99. The van der Waals surface area contributed by atoms with Crippen LogP contribution in [-0.4, -0.2) is 29.5 Å². The number of aryl methyl sites for hydroxylation is 1. The van der Waals surface area contributed by atoms with Crippen molar-refractivity contribution in [3.05, 3.63) is 39.9 Å². The van der Waals surface area contributed by atoms with Gasteiger partial charge >= 0.3 is 0 Å². The Morgan fingerprint density at radius 3 is 1.77 bits per heavy atom.